The lowest BCUT2D eigenvalue weighted by Crippen LogP contribution is -2.49. The first-order valence-electron chi connectivity index (χ1n) is 15.3. The molecule has 242 valence electrons. The molecule has 0 spiro atoms. The highest BCUT2D eigenvalue weighted by Crippen LogP contribution is 2.67. The van der Waals surface area contributed by atoms with Gasteiger partial charge in [0.1, 0.15) is 0 Å². The van der Waals surface area contributed by atoms with E-state index in [0.717, 1.165) is 45.4 Å². The number of allylic oxidation sites excluding steroid dienone is 4. The Morgan fingerprint density at radius 3 is 1.54 bits per heavy atom. The van der Waals surface area contributed by atoms with E-state index in [1.54, 1.807) is 6.07 Å². The number of hydrogen-bond donors (Lipinski definition) is 0. The van der Waals surface area contributed by atoms with Crippen LogP contribution in [0.4, 0.5) is 26.3 Å². The van der Waals surface area contributed by atoms with Crippen molar-refractivity contribution in [1.29, 1.82) is 0 Å². The second kappa shape index (κ2) is 12.0. The third-order valence-corrected chi connectivity index (χ3v) is 11.5. The SMILES string of the molecule is CC1=C(C2=C(c3sc(-c4ccc(-c5ccccc5)cc4)cc3C)C(F)(F)C(F)(F)C2(F)F)SC(c2ccc(-c3ccccc3)cc2)=CC1. The van der Waals surface area contributed by atoms with Crippen molar-refractivity contribution in [1.82, 2.24) is 0 Å². The molecule has 0 atom stereocenters. The molecule has 0 bridgehead atoms. The molecular weight excluding hydrogens is 659 g/mol. The standard InChI is InChI=1S/C40H28F6S2/c1-24-13-22-32(30-18-14-28(15-19-30)26-9-5-3-6-10-26)47-36(24)34-35(39(43,44)40(45,46)38(34,41)42)37-25(2)23-33(48-37)31-20-16-29(17-21-31)27-11-7-4-8-12-27/h3-12,14-23H,13H2,1-2H3. The number of aryl methyl sites for hydroxylation is 1. The smallest absolute Gasteiger partial charge is 0.194 e. The van der Waals surface area contributed by atoms with Crippen LogP contribution in [0, 0.1) is 6.92 Å². The van der Waals surface area contributed by atoms with Gasteiger partial charge in [-0.15, -0.1) is 11.3 Å². The Labute approximate surface area is 283 Å². The van der Waals surface area contributed by atoms with Crippen molar-refractivity contribution in [2.24, 2.45) is 0 Å². The highest BCUT2D eigenvalue weighted by atomic mass is 32.2. The fourth-order valence-electron chi connectivity index (χ4n) is 6.14. The highest BCUT2D eigenvalue weighted by Gasteiger charge is 2.80. The van der Waals surface area contributed by atoms with Crippen LogP contribution in [0.1, 0.15) is 29.3 Å². The van der Waals surface area contributed by atoms with Crippen molar-refractivity contribution < 1.29 is 26.3 Å². The van der Waals surface area contributed by atoms with Crippen molar-refractivity contribution in [3.05, 3.63) is 153 Å². The molecule has 2 heterocycles. The minimum atomic E-state index is -5.62. The highest BCUT2D eigenvalue weighted by molar-refractivity contribution is 8.12. The minimum Gasteiger partial charge on any atom is -0.194 e. The summed E-state index contributed by atoms with van der Waals surface area (Å²) >= 11 is 1.67. The zero-order valence-electron chi connectivity index (χ0n) is 25.8. The predicted octanol–water partition coefficient (Wildman–Crippen LogP) is 13.2. The molecule has 8 heteroatoms. The molecule has 0 amide bonds. The maximum absolute atomic E-state index is 15.9. The van der Waals surface area contributed by atoms with Gasteiger partial charge in [-0.05, 0) is 65.3 Å². The monoisotopic (exact) mass is 686 g/mol. The maximum Gasteiger partial charge on any atom is 0.380 e. The number of rotatable bonds is 6. The van der Waals surface area contributed by atoms with Crippen LogP contribution in [-0.2, 0) is 0 Å². The van der Waals surface area contributed by atoms with Gasteiger partial charge in [-0.1, -0.05) is 133 Å². The molecule has 0 unspecified atom stereocenters. The molecule has 7 rings (SSSR count). The van der Waals surface area contributed by atoms with Gasteiger partial charge in [-0.25, -0.2) is 0 Å². The number of thioether (sulfide) groups is 1. The van der Waals surface area contributed by atoms with Gasteiger partial charge in [0.25, 0.3) is 0 Å². The van der Waals surface area contributed by atoms with E-state index in [4.69, 9.17) is 0 Å². The van der Waals surface area contributed by atoms with E-state index >= 15 is 26.3 Å². The Balaban J connectivity index is 1.29. The molecule has 1 aromatic heterocycles. The van der Waals surface area contributed by atoms with Gasteiger partial charge in [0, 0.05) is 19.6 Å². The number of benzene rings is 4. The third kappa shape index (κ3) is 5.26. The summed E-state index contributed by atoms with van der Waals surface area (Å²) in [5, 5.41) is 0. The minimum absolute atomic E-state index is 0.157. The fourth-order valence-corrected chi connectivity index (χ4v) is 8.64. The summed E-state index contributed by atoms with van der Waals surface area (Å²) in [7, 11) is 0. The van der Waals surface area contributed by atoms with Gasteiger partial charge in [-0.3, -0.25) is 0 Å². The molecule has 0 radical (unpaired) electrons. The average Bonchev–Trinajstić information content (AvgIpc) is 3.52. The third-order valence-electron chi connectivity index (χ3n) is 8.78. The van der Waals surface area contributed by atoms with E-state index in [0.29, 0.717) is 26.5 Å². The maximum atomic E-state index is 15.9. The van der Waals surface area contributed by atoms with Crippen molar-refractivity contribution >= 4 is 33.6 Å². The zero-order valence-corrected chi connectivity index (χ0v) is 27.5. The molecule has 0 saturated carbocycles. The van der Waals surface area contributed by atoms with E-state index < -0.39 is 28.9 Å². The lowest BCUT2D eigenvalue weighted by molar-refractivity contribution is -0.259. The van der Waals surface area contributed by atoms with Crippen LogP contribution in [-0.4, -0.2) is 17.8 Å². The van der Waals surface area contributed by atoms with E-state index in [2.05, 4.69) is 0 Å². The van der Waals surface area contributed by atoms with Gasteiger partial charge in [0.05, 0.1) is 11.1 Å². The molecule has 2 aliphatic rings. The van der Waals surface area contributed by atoms with Gasteiger partial charge in [-0.2, -0.15) is 26.3 Å². The normalized spacial score (nSPS) is 18.3. The number of alkyl halides is 6. The van der Waals surface area contributed by atoms with E-state index in [1.165, 1.54) is 13.8 Å². The quantitative estimate of drug-likeness (QED) is 0.160. The number of thiophene rings is 1. The van der Waals surface area contributed by atoms with Crippen LogP contribution in [0.25, 0.3) is 43.2 Å². The lowest BCUT2D eigenvalue weighted by atomic mass is 9.99. The molecule has 1 aliphatic carbocycles. The van der Waals surface area contributed by atoms with Crippen LogP contribution >= 0.6 is 23.1 Å². The molecule has 5 aromatic rings. The first kappa shape index (κ1) is 32.3. The average molecular weight is 687 g/mol. The van der Waals surface area contributed by atoms with E-state index in [1.807, 2.05) is 115 Å². The summed E-state index contributed by atoms with van der Waals surface area (Å²) in [5.74, 6) is -15.8. The first-order valence-corrected chi connectivity index (χ1v) is 16.9. The van der Waals surface area contributed by atoms with Crippen LogP contribution in [0.2, 0.25) is 0 Å². The molecule has 0 saturated heterocycles. The second-order valence-corrected chi connectivity index (χ2v) is 14.1. The molecular formula is C40H28F6S2. The first-order chi connectivity index (χ1) is 22.9. The molecule has 0 N–H and O–H groups in total. The predicted molar refractivity (Wildman–Crippen MR) is 186 cm³/mol. The van der Waals surface area contributed by atoms with Gasteiger partial charge >= 0.3 is 17.8 Å². The summed E-state index contributed by atoms with van der Waals surface area (Å²) in [4.78, 5) is 0.555. The summed E-state index contributed by atoms with van der Waals surface area (Å²) < 4.78 is 93.9. The Morgan fingerprint density at radius 1 is 0.542 bits per heavy atom. The Kier molecular flexibility index (Phi) is 8.07. The topological polar surface area (TPSA) is 0 Å². The Hall–Kier alpha value is -4.27. The van der Waals surface area contributed by atoms with Crippen molar-refractivity contribution in [2.45, 2.75) is 38.0 Å². The molecule has 0 nitrogen and oxygen atoms in total. The van der Waals surface area contributed by atoms with E-state index in [-0.39, 0.29) is 21.8 Å². The van der Waals surface area contributed by atoms with Crippen molar-refractivity contribution in [3.63, 3.8) is 0 Å². The number of halogens is 6. The molecule has 4 aromatic carbocycles. The Morgan fingerprint density at radius 2 is 1.00 bits per heavy atom. The molecule has 1 aliphatic heterocycles. The summed E-state index contributed by atoms with van der Waals surface area (Å²) in [6.07, 6.45) is 1.97. The van der Waals surface area contributed by atoms with Crippen molar-refractivity contribution in [3.8, 4) is 32.7 Å². The number of hydrogen-bond acceptors (Lipinski definition) is 2. The summed E-state index contributed by atoms with van der Waals surface area (Å²) in [6, 6.07) is 35.7. The largest absolute Gasteiger partial charge is 0.380 e. The Bertz CT molecular complexity index is 2090. The van der Waals surface area contributed by atoms with Gasteiger partial charge in [0.2, 0.25) is 0 Å². The zero-order chi connectivity index (χ0) is 33.8. The van der Waals surface area contributed by atoms with Gasteiger partial charge < -0.3 is 0 Å². The van der Waals surface area contributed by atoms with Gasteiger partial charge in [0.15, 0.2) is 0 Å². The van der Waals surface area contributed by atoms with Crippen LogP contribution < -0.4 is 0 Å². The van der Waals surface area contributed by atoms with Crippen LogP contribution in [0.5, 0.6) is 0 Å². The molecule has 0 fully saturated rings. The van der Waals surface area contributed by atoms with E-state index in [9.17, 15) is 0 Å². The second-order valence-electron chi connectivity index (χ2n) is 12.0. The van der Waals surface area contributed by atoms with Crippen LogP contribution in [0.3, 0.4) is 0 Å². The van der Waals surface area contributed by atoms with Crippen molar-refractivity contribution in [2.75, 3.05) is 0 Å². The summed E-state index contributed by atoms with van der Waals surface area (Å²) in [5.41, 5.74) is 3.19. The fraction of sp³-hybridized carbons (Fsp3) is 0.150. The molecule has 48 heavy (non-hydrogen) atoms. The van der Waals surface area contributed by atoms with Crippen LogP contribution in [0.15, 0.2) is 137 Å². The lowest BCUT2D eigenvalue weighted by Gasteiger charge is -2.27. The summed E-state index contributed by atoms with van der Waals surface area (Å²) in [6.45, 7) is 3.03.